The minimum Gasteiger partial charge on any atom is -0.337 e. The van der Waals surface area contributed by atoms with Gasteiger partial charge in [-0.25, -0.2) is 4.39 Å². The van der Waals surface area contributed by atoms with Crippen LogP contribution in [-0.2, 0) is 9.59 Å². The van der Waals surface area contributed by atoms with Crippen LogP contribution in [0.15, 0.2) is 72.9 Å². The van der Waals surface area contributed by atoms with Crippen LogP contribution in [0.1, 0.15) is 12.5 Å². The van der Waals surface area contributed by atoms with Gasteiger partial charge in [-0.15, -0.1) is 6.58 Å². The van der Waals surface area contributed by atoms with Gasteiger partial charge in [0.25, 0.3) is 11.8 Å². The number of halogens is 1. The Morgan fingerprint density at radius 2 is 1.69 bits per heavy atom. The third-order valence-corrected chi connectivity index (χ3v) is 4.24. The number of hydrogen-bond donors (Lipinski definition) is 0. The highest BCUT2D eigenvalue weighted by Crippen LogP contribution is 2.34. The highest BCUT2D eigenvalue weighted by Gasteiger charge is 2.41. The van der Waals surface area contributed by atoms with Crippen LogP contribution in [0, 0.1) is 5.82 Å². The summed E-state index contributed by atoms with van der Waals surface area (Å²) in [4.78, 5) is 28.9. The molecule has 0 spiro atoms. The number of hydrogen-bond acceptors (Lipinski definition) is 3. The Kier molecular flexibility index (Phi) is 4.98. The molecule has 0 fully saturated rings. The lowest BCUT2D eigenvalue weighted by molar-refractivity contribution is -0.136. The lowest BCUT2D eigenvalue weighted by Crippen LogP contribution is -2.35. The van der Waals surface area contributed by atoms with Gasteiger partial charge in [-0.1, -0.05) is 36.4 Å². The van der Waals surface area contributed by atoms with Gasteiger partial charge in [0.15, 0.2) is 0 Å². The number of para-hydroxylation sites is 1. The van der Waals surface area contributed by atoms with Crippen LogP contribution in [0.5, 0.6) is 0 Å². The third kappa shape index (κ3) is 3.04. The quantitative estimate of drug-likeness (QED) is 0.590. The molecule has 1 aliphatic rings. The van der Waals surface area contributed by atoms with E-state index < -0.39 is 11.7 Å². The minimum absolute atomic E-state index is 0.123. The number of amides is 2. The summed E-state index contributed by atoms with van der Waals surface area (Å²) in [5, 5.41) is 0. The summed E-state index contributed by atoms with van der Waals surface area (Å²) in [6, 6.07) is 15.0. The summed E-state index contributed by atoms with van der Waals surface area (Å²) in [6.45, 7) is 6.16. The molecule has 0 bridgehead atoms. The Hall–Kier alpha value is -3.21. The molecule has 2 aromatic carbocycles. The van der Waals surface area contributed by atoms with E-state index >= 15 is 0 Å². The molecule has 1 aliphatic heterocycles. The Balaban J connectivity index is 2.19. The Labute approximate surface area is 151 Å². The SMILES string of the molecule is C=CCN1C(=O)C(c2ccc(F)cc2)=C(N(CC)c2ccccc2)C1=O. The van der Waals surface area contributed by atoms with Gasteiger partial charge in [0.05, 0.1) is 5.57 Å². The van der Waals surface area contributed by atoms with Crippen LogP contribution in [-0.4, -0.2) is 29.8 Å². The van der Waals surface area contributed by atoms with Crippen LogP contribution in [0.4, 0.5) is 10.1 Å². The fraction of sp³-hybridized carbons (Fsp3) is 0.143. The molecule has 1 heterocycles. The van der Waals surface area contributed by atoms with Gasteiger partial charge >= 0.3 is 0 Å². The second-order valence-electron chi connectivity index (χ2n) is 5.82. The highest BCUT2D eigenvalue weighted by molar-refractivity contribution is 6.36. The normalized spacial score (nSPS) is 14.2. The molecular formula is C21H19FN2O2. The van der Waals surface area contributed by atoms with E-state index in [2.05, 4.69) is 6.58 Å². The number of likely N-dealkylation sites (N-methyl/N-ethyl adjacent to an activating group) is 1. The van der Waals surface area contributed by atoms with E-state index in [1.807, 2.05) is 42.2 Å². The first-order valence-electron chi connectivity index (χ1n) is 8.38. The molecule has 4 nitrogen and oxygen atoms in total. The van der Waals surface area contributed by atoms with Crippen molar-refractivity contribution in [1.29, 1.82) is 0 Å². The van der Waals surface area contributed by atoms with E-state index in [4.69, 9.17) is 0 Å². The zero-order valence-electron chi connectivity index (χ0n) is 14.5. The van der Waals surface area contributed by atoms with Crippen molar-refractivity contribution in [2.24, 2.45) is 0 Å². The number of carbonyl (C=O) groups excluding carboxylic acids is 2. The van der Waals surface area contributed by atoms with E-state index in [0.717, 1.165) is 10.6 Å². The molecule has 5 heteroatoms. The fourth-order valence-electron chi connectivity index (χ4n) is 3.06. The summed E-state index contributed by atoms with van der Waals surface area (Å²) in [7, 11) is 0. The molecule has 0 aliphatic carbocycles. The lowest BCUT2D eigenvalue weighted by atomic mass is 10.0. The van der Waals surface area contributed by atoms with Crippen molar-refractivity contribution in [1.82, 2.24) is 4.90 Å². The van der Waals surface area contributed by atoms with Gasteiger partial charge in [0.2, 0.25) is 0 Å². The van der Waals surface area contributed by atoms with Crippen molar-refractivity contribution >= 4 is 23.1 Å². The zero-order chi connectivity index (χ0) is 18.7. The van der Waals surface area contributed by atoms with Crippen molar-refractivity contribution in [3.8, 4) is 0 Å². The number of nitrogens with zero attached hydrogens (tertiary/aromatic N) is 2. The fourth-order valence-corrected chi connectivity index (χ4v) is 3.06. The van der Waals surface area contributed by atoms with Crippen molar-refractivity contribution in [3.05, 3.63) is 84.3 Å². The van der Waals surface area contributed by atoms with Crippen LogP contribution >= 0.6 is 0 Å². The van der Waals surface area contributed by atoms with E-state index in [1.165, 1.54) is 30.3 Å². The number of benzene rings is 2. The smallest absolute Gasteiger partial charge is 0.278 e. The number of carbonyl (C=O) groups is 2. The van der Waals surface area contributed by atoms with Crippen LogP contribution in [0.2, 0.25) is 0 Å². The van der Waals surface area contributed by atoms with Gasteiger partial charge in [-0.05, 0) is 36.8 Å². The molecule has 0 radical (unpaired) electrons. The Morgan fingerprint density at radius 3 is 2.27 bits per heavy atom. The first-order valence-corrected chi connectivity index (χ1v) is 8.38. The topological polar surface area (TPSA) is 40.6 Å². The maximum atomic E-state index is 13.3. The second kappa shape index (κ2) is 7.35. The molecule has 0 atom stereocenters. The molecule has 0 unspecified atom stereocenters. The van der Waals surface area contributed by atoms with Gasteiger partial charge < -0.3 is 4.90 Å². The summed E-state index contributed by atoms with van der Waals surface area (Å²) in [5.41, 5.74) is 1.91. The van der Waals surface area contributed by atoms with E-state index in [1.54, 1.807) is 0 Å². The predicted molar refractivity (Wildman–Crippen MR) is 99.7 cm³/mol. The van der Waals surface area contributed by atoms with Gasteiger partial charge in [0.1, 0.15) is 11.5 Å². The van der Waals surface area contributed by atoms with E-state index in [0.29, 0.717) is 17.8 Å². The molecule has 3 rings (SSSR count). The maximum Gasteiger partial charge on any atom is 0.278 e. The van der Waals surface area contributed by atoms with Crippen LogP contribution < -0.4 is 4.90 Å². The number of imide groups is 1. The predicted octanol–water partition coefficient (Wildman–Crippen LogP) is 3.62. The average molecular weight is 350 g/mol. The van der Waals surface area contributed by atoms with Gasteiger partial charge in [-0.3, -0.25) is 14.5 Å². The number of rotatable bonds is 6. The first-order chi connectivity index (χ1) is 12.6. The Bertz CT molecular complexity index is 873. The molecular weight excluding hydrogens is 331 g/mol. The van der Waals surface area contributed by atoms with E-state index in [9.17, 15) is 14.0 Å². The van der Waals surface area contributed by atoms with Crippen molar-refractivity contribution in [2.75, 3.05) is 18.0 Å². The zero-order valence-corrected chi connectivity index (χ0v) is 14.5. The van der Waals surface area contributed by atoms with Crippen molar-refractivity contribution < 1.29 is 14.0 Å². The largest absolute Gasteiger partial charge is 0.337 e. The van der Waals surface area contributed by atoms with Crippen LogP contribution in [0.3, 0.4) is 0 Å². The lowest BCUT2D eigenvalue weighted by Gasteiger charge is -2.24. The van der Waals surface area contributed by atoms with Gasteiger partial charge in [0, 0.05) is 18.8 Å². The summed E-state index contributed by atoms with van der Waals surface area (Å²) < 4.78 is 13.3. The molecule has 2 aromatic rings. The summed E-state index contributed by atoms with van der Waals surface area (Å²) in [6.07, 6.45) is 1.51. The monoisotopic (exact) mass is 350 g/mol. The molecule has 0 N–H and O–H groups in total. The average Bonchev–Trinajstić information content (AvgIpc) is 2.89. The molecule has 26 heavy (non-hydrogen) atoms. The van der Waals surface area contributed by atoms with Crippen LogP contribution in [0.25, 0.3) is 5.57 Å². The molecule has 0 aromatic heterocycles. The third-order valence-electron chi connectivity index (χ3n) is 4.24. The first kappa shape index (κ1) is 17.6. The molecule has 0 saturated carbocycles. The molecule has 2 amide bonds. The summed E-state index contributed by atoms with van der Waals surface area (Å²) in [5.74, 6) is -1.17. The second-order valence-corrected chi connectivity index (χ2v) is 5.82. The standard InChI is InChI=1S/C21H19FN2O2/c1-3-14-24-20(25)18(15-10-12-16(22)13-11-15)19(21(24)26)23(4-2)17-8-6-5-7-9-17/h3,5-13H,1,4,14H2,2H3. The highest BCUT2D eigenvalue weighted by atomic mass is 19.1. The maximum absolute atomic E-state index is 13.3. The Morgan fingerprint density at radius 1 is 1.04 bits per heavy atom. The van der Waals surface area contributed by atoms with Crippen molar-refractivity contribution in [3.63, 3.8) is 0 Å². The van der Waals surface area contributed by atoms with Gasteiger partial charge in [-0.2, -0.15) is 0 Å². The minimum atomic E-state index is -0.397. The van der Waals surface area contributed by atoms with Crippen molar-refractivity contribution in [2.45, 2.75) is 6.92 Å². The molecule has 132 valence electrons. The summed E-state index contributed by atoms with van der Waals surface area (Å²) >= 11 is 0. The molecule has 0 saturated heterocycles. The van der Waals surface area contributed by atoms with E-state index in [-0.39, 0.29) is 18.0 Å². The number of anilines is 1.